The van der Waals surface area contributed by atoms with Crippen molar-refractivity contribution in [1.82, 2.24) is 9.88 Å². The third-order valence-corrected chi connectivity index (χ3v) is 4.29. The number of nitrogens with one attached hydrogen (secondary N) is 1. The van der Waals surface area contributed by atoms with E-state index in [-0.39, 0.29) is 23.6 Å². The molecule has 1 saturated heterocycles. The second-order valence-electron chi connectivity index (χ2n) is 6.26. The van der Waals surface area contributed by atoms with Gasteiger partial charge in [-0.3, -0.25) is 9.59 Å². The molecule has 1 amide bonds. The molecule has 0 unspecified atom stereocenters. The zero-order valence-electron chi connectivity index (χ0n) is 13.6. The van der Waals surface area contributed by atoms with Crippen molar-refractivity contribution in [1.29, 1.82) is 0 Å². The molecule has 0 spiro atoms. The monoisotopic (exact) mass is 328 g/mol. The predicted octanol–water partition coefficient (Wildman–Crippen LogP) is 1.94. The molecule has 6 heteroatoms. The van der Waals surface area contributed by atoms with E-state index in [1.807, 2.05) is 0 Å². The van der Waals surface area contributed by atoms with Crippen molar-refractivity contribution in [3.05, 3.63) is 46.2 Å². The van der Waals surface area contributed by atoms with Crippen LogP contribution >= 0.6 is 0 Å². The van der Waals surface area contributed by atoms with Crippen LogP contribution in [0.3, 0.4) is 0 Å². The number of para-hydroxylation sites is 1. The fraction of sp³-hybridized carbons (Fsp3) is 0.389. The van der Waals surface area contributed by atoms with Crippen LogP contribution in [0, 0.1) is 5.92 Å². The van der Waals surface area contributed by atoms with E-state index in [9.17, 15) is 14.4 Å². The molecule has 1 aromatic heterocycles. The Morgan fingerprint density at radius 3 is 2.92 bits per heavy atom. The van der Waals surface area contributed by atoms with Crippen LogP contribution in [0.4, 0.5) is 0 Å². The van der Waals surface area contributed by atoms with Crippen molar-refractivity contribution in [2.24, 2.45) is 5.92 Å². The summed E-state index contributed by atoms with van der Waals surface area (Å²) in [7, 11) is 0. The van der Waals surface area contributed by atoms with Gasteiger partial charge in [0, 0.05) is 30.1 Å². The number of piperidine rings is 1. The van der Waals surface area contributed by atoms with Crippen LogP contribution < -0.4 is 5.43 Å². The molecule has 1 aromatic carbocycles. The Morgan fingerprint density at radius 1 is 1.33 bits per heavy atom. The number of fused-ring (bicyclic) bond motifs is 1. The Bertz CT molecular complexity index is 827. The summed E-state index contributed by atoms with van der Waals surface area (Å²) in [6.07, 6.45) is 2.08. The topological polar surface area (TPSA) is 79.5 Å². The number of hydrogen-bond acceptors (Lipinski definition) is 4. The maximum atomic E-state index is 12.1. The van der Waals surface area contributed by atoms with Gasteiger partial charge in [0.15, 0.2) is 12.0 Å². The third kappa shape index (κ3) is 3.48. The number of esters is 1. The van der Waals surface area contributed by atoms with Gasteiger partial charge in [0.05, 0.1) is 0 Å². The van der Waals surface area contributed by atoms with E-state index in [1.165, 1.54) is 6.07 Å². The minimum atomic E-state index is -0.698. The van der Waals surface area contributed by atoms with Gasteiger partial charge in [0.1, 0.15) is 5.69 Å². The van der Waals surface area contributed by atoms with Crippen LogP contribution in [0.25, 0.3) is 10.9 Å². The number of rotatable bonds is 3. The Labute approximate surface area is 139 Å². The van der Waals surface area contributed by atoms with Gasteiger partial charge >= 0.3 is 5.97 Å². The number of benzene rings is 1. The first-order chi connectivity index (χ1) is 11.5. The van der Waals surface area contributed by atoms with Gasteiger partial charge in [0.2, 0.25) is 0 Å². The zero-order valence-corrected chi connectivity index (χ0v) is 13.6. The molecule has 0 saturated carbocycles. The maximum Gasteiger partial charge on any atom is 0.355 e. The zero-order chi connectivity index (χ0) is 17.1. The molecule has 2 heterocycles. The minimum Gasteiger partial charge on any atom is -0.451 e. The van der Waals surface area contributed by atoms with Crippen LogP contribution in [0.2, 0.25) is 0 Å². The number of carbonyl (C=O) groups excluding carboxylic acids is 2. The van der Waals surface area contributed by atoms with E-state index in [0.29, 0.717) is 29.9 Å². The summed E-state index contributed by atoms with van der Waals surface area (Å²) in [5.74, 6) is -0.426. The van der Waals surface area contributed by atoms with Crippen molar-refractivity contribution in [3.8, 4) is 0 Å². The normalized spacial score (nSPS) is 17.7. The molecule has 126 valence electrons. The summed E-state index contributed by atoms with van der Waals surface area (Å²) in [5.41, 5.74) is 0.360. The maximum absolute atomic E-state index is 12.1. The van der Waals surface area contributed by atoms with Crippen LogP contribution in [0.1, 0.15) is 30.3 Å². The number of nitrogens with zero attached hydrogens (tertiary/aromatic N) is 1. The average molecular weight is 328 g/mol. The van der Waals surface area contributed by atoms with Gasteiger partial charge in [-0.1, -0.05) is 19.1 Å². The van der Waals surface area contributed by atoms with Crippen LogP contribution in [-0.4, -0.2) is 41.5 Å². The summed E-state index contributed by atoms with van der Waals surface area (Å²) >= 11 is 0. The van der Waals surface area contributed by atoms with Crippen molar-refractivity contribution in [2.75, 3.05) is 19.7 Å². The molecule has 6 nitrogen and oxygen atoms in total. The smallest absolute Gasteiger partial charge is 0.355 e. The molecule has 24 heavy (non-hydrogen) atoms. The first-order valence-electron chi connectivity index (χ1n) is 8.11. The summed E-state index contributed by atoms with van der Waals surface area (Å²) in [6.45, 7) is 3.20. The summed E-state index contributed by atoms with van der Waals surface area (Å²) < 4.78 is 5.08. The van der Waals surface area contributed by atoms with Crippen molar-refractivity contribution in [3.63, 3.8) is 0 Å². The number of aromatic nitrogens is 1. The number of pyridine rings is 1. The highest BCUT2D eigenvalue weighted by atomic mass is 16.5. The Hall–Kier alpha value is -2.63. The van der Waals surface area contributed by atoms with Crippen LogP contribution in [-0.2, 0) is 9.53 Å². The number of likely N-dealkylation sites (tertiary alicyclic amines) is 1. The molecule has 0 bridgehead atoms. The molecule has 3 rings (SSSR count). The molecule has 1 fully saturated rings. The molecular formula is C18H20N2O4. The molecule has 2 aromatic rings. The average Bonchev–Trinajstić information content (AvgIpc) is 2.59. The number of ether oxygens (including phenoxy) is 1. The number of H-pyrrole nitrogens is 1. The second-order valence-corrected chi connectivity index (χ2v) is 6.26. The number of amides is 1. The minimum absolute atomic E-state index is 0.0542. The van der Waals surface area contributed by atoms with E-state index in [2.05, 4.69) is 11.9 Å². The molecule has 1 atom stereocenters. The van der Waals surface area contributed by atoms with Crippen molar-refractivity contribution >= 4 is 22.8 Å². The number of carbonyl (C=O) groups is 2. The first kappa shape index (κ1) is 16.2. The van der Waals surface area contributed by atoms with E-state index < -0.39 is 5.97 Å². The lowest BCUT2D eigenvalue weighted by Crippen LogP contribution is -2.41. The third-order valence-electron chi connectivity index (χ3n) is 4.29. The van der Waals surface area contributed by atoms with Crippen molar-refractivity contribution < 1.29 is 14.3 Å². The first-order valence-corrected chi connectivity index (χ1v) is 8.11. The molecular weight excluding hydrogens is 308 g/mol. The predicted molar refractivity (Wildman–Crippen MR) is 89.8 cm³/mol. The molecule has 1 aliphatic heterocycles. The fourth-order valence-corrected chi connectivity index (χ4v) is 3.02. The van der Waals surface area contributed by atoms with E-state index in [4.69, 9.17) is 4.74 Å². The summed E-state index contributed by atoms with van der Waals surface area (Å²) in [4.78, 5) is 40.9. The van der Waals surface area contributed by atoms with Gasteiger partial charge in [0.25, 0.3) is 5.91 Å². The van der Waals surface area contributed by atoms with E-state index in [1.54, 1.807) is 29.2 Å². The van der Waals surface area contributed by atoms with Gasteiger partial charge in [-0.25, -0.2) is 4.79 Å². The fourth-order valence-electron chi connectivity index (χ4n) is 3.02. The Kier molecular flexibility index (Phi) is 4.64. The van der Waals surface area contributed by atoms with E-state index >= 15 is 0 Å². The molecule has 1 N–H and O–H groups in total. The van der Waals surface area contributed by atoms with Crippen LogP contribution in [0.15, 0.2) is 35.1 Å². The lowest BCUT2D eigenvalue weighted by Gasteiger charge is -2.30. The standard InChI is InChI=1S/C18H20N2O4/c1-12-5-4-8-20(10-12)17(22)11-24-18(23)15-9-16(21)13-6-2-3-7-14(13)19-15/h2-3,6-7,9,12H,4-5,8,10-11H2,1H3,(H,19,21)/t12-/m0/s1. The lowest BCUT2D eigenvalue weighted by molar-refractivity contribution is -0.136. The molecule has 1 aliphatic rings. The Morgan fingerprint density at radius 2 is 2.12 bits per heavy atom. The van der Waals surface area contributed by atoms with Crippen molar-refractivity contribution in [2.45, 2.75) is 19.8 Å². The highest BCUT2D eigenvalue weighted by molar-refractivity contribution is 5.92. The van der Waals surface area contributed by atoms with Gasteiger partial charge in [-0.15, -0.1) is 0 Å². The highest BCUT2D eigenvalue weighted by Gasteiger charge is 2.22. The van der Waals surface area contributed by atoms with Gasteiger partial charge in [-0.05, 0) is 30.9 Å². The number of aromatic amines is 1. The SMILES string of the molecule is C[C@H]1CCCN(C(=O)COC(=O)c2cc(=O)c3ccccc3[nH]2)C1. The highest BCUT2D eigenvalue weighted by Crippen LogP contribution is 2.15. The largest absolute Gasteiger partial charge is 0.451 e. The van der Waals surface area contributed by atoms with Gasteiger partial charge < -0.3 is 14.6 Å². The molecule has 0 radical (unpaired) electrons. The van der Waals surface area contributed by atoms with Gasteiger partial charge in [-0.2, -0.15) is 0 Å². The molecule has 0 aliphatic carbocycles. The number of hydrogen-bond donors (Lipinski definition) is 1. The Balaban J connectivity index is 1.67. The second kappa shape index (κ2) is 6.86. The van der Waals surface area contributed by atoms with E-state index in [0.717, 1.165) is 12.8 Å². The quantitative estimate of drug-likeness (QED) is 0.873. The lowest BCUT2D eigenvalue weighted by atomic mass is 10.0. The van der Waals surface area contributed by atoms with Crippen LogP contribution in [0.5, 0.6) is 0 Å². The summed E-state index contributed by atoms with van der Waals surface area (Å²) in [6, 6.07) is 8.14. The summed E-state index contributed by atoms with van der Waals surface area (Å²) in [5, 5.41) is 0.507.